The second-order valence-electron chi connectivity index (χ2n) is 3.08. The summed E-state index contributed by atoms with van der Waals surface area (Å²) < 4.78 is 26.1. The highest BCUT2D eigenvalue weighted by Gasteiger charge is 1.95. The summed E-state index contributed by atoms with van der Waals surface area (Å²) >= 11 is 0. The fraction of sp³-hybridized carbons (Fsp3) is 0.400. The monoisotopic (exact) mass is 229 g/mol. The Balaban J connectivity index is 2.43. The van der Waals surface area contributed by atoms with Gasteiger partial charge < -0.3 is 10.1 Å². The molecule has 0 fully saturated rings. The number of methoxy groups -OCH3 is 1. The summed E-state index contributed by atoms with van der Waals surface area (Å²) in [5, 5.41) is 3.17. The number of benzene rings is 1. The smallest absolute Gasteiger partial charge is 0.168 e. The number of thiol groups is 1. The summed E-state index contributed by atoms with van der Waals surface area (Å²) in [4.78, 5) is 0.340. The zero-order valence-electron chi connectivity index (χ0n) is 8.60. The number of hydrogen-bond donors (Lipinski definition) is 2. The van der Waals surface area contributed by atoms with Crippen molar-refractivity contribution in [3.8, 4) is 0 Å². The molecule has 0 bridgehead atoms. The van der Waals surface area contributed by atoms with Crippen molar-refractivity contribution in [3.63, 3.8) is 0 Å². The summed E-state index contributed by atoms with van der Waals surface area (Å²) in [6, 6.07) is 6.69. The third kappa shape index (κ3) is 4.31. The summed E-state index contributed by atoms with van der Waals surface area (Å²) in [7, 11) is -0.808. The van der Waals surface area contributed by atoms with E-state index in [-0.39, 0.29) is 0 Å². The maximum atomic E-state index is 10.6. The molecule has 1 aromatic carbocycles. The van der Waals surface area contributed by atoms with Crippen molar-refractivity contribution < 1.29 is 13.2 Å². The Morgan fingerprint density at radius 3 is 2.47 bits per heavy atom. The summed E-state index contributed by atoms with van der Waals surface area (Å²) in [6.45, 7) is 1.54. The summed E-state index contributed by atoms with van der Waals surface area (Å²) in [5.74, 6) is 0. The Bertz CT molecular complexity index is 351. The molecule has 4 nitrogen and oxygen atoms in total. The summed E-state index contributed by atoms with van der Waals surface area (Å²) in [6.07, 6.45) is 0.925. The van der Waals surface area contributed by atoms with E-state index in [2.05, 4.69) is 5.32 Å². The highest BCUT2D eigenvalue weighted by Crippen LogP contribution is 2.10. The van der Waals surface area contributed by atoms with E-state index in [1.165, 1.54) is 0 Å². The minimum Gasteiger partial charge on any atom is -0.385 e. The van der Waals surface area contributed by atoms with Crippen molar-refractivity contribution in [1.82, 2.24) is 0 Å². The van der Waals surface area contributed by atoms with E-state index in [1.54, 1.807) is 31.4 Å². The number of anilines is 1. The van der Waals surface area contributed by atoms with Crippen LogP contribution in [0.5, 0.6) is 0 Å². The number of hydrogen-bond acceptors (Lipinski definition) is 4. The SMILES string of the molecule is COCCCNc1ccc([SH](=O)=O)cc1. The molecule has 0 unspecified atom stereocenters. The molecule has 0 saturated heterocycles. The largest absolute Gasteiger partial charge is 0.385 e. The van der Waals surface area contributed by atoms with Gasteiger partial charge >= 0.3 is 0 Å². The van der Waals surface area contributed by atoms with E-state index >= 15 is 0 Å². The molecular formula is C10H15NO3S. The molecule has 84 valence electrons. The van der Waals surface area contributed by atoms with Crippen molar-refractivity contribution in [2.45, 2.75) is 11.3 Å². The van der Waals surface area contributed by atoms with Gasteiger partial charge in [-0.15, -0.1) is 0 Å². The van der Waals surface area contributed by atoms with Gasteiger partial charge in [0.1, 0.15) is 0 Å². The Morgan fingerprint density at radius 2 is 1.93 bits per heavy atom. The predicted molar refractivity (Wildman–Crippen MR) is 60.0 cm³/mol. The first-order valence-electron chi connectivity index (χ1n) is 4.71. The first-order valence-corrected chi connectivity index (χ1v) is 5.89. The Hall–Kier alpha value is -1.07. The van der Waals surface area contributed by atoms with Crippen LogP contribution in [0.1, 0.15) is 6.42 Å². The maximum Gasteiger partial charge on any atom is 0.168 e. The lowest BCUT2D eigenvalue weighted by Crippen LogP contribution is -2.04. The van der Waals surface area contributed by atoms with Crippen LogP contribution in [0.2, 0.25) is 0 Å². The van der Waals surface area contributed by atoms with Crippen LogP contribution in [-0.2, 0) is 15.4 Å². The molecule has 0 spiro atoms. The number of ether oxygens (including phenoxy) is 1. The van der Waals surface area contributed by atoms with Crippen LogP contribution >= 0.6 is 0 Å². The molecule has 0 aliphatic carbocycles. The molecule has 0 atom stereocenters. The lowest BCUT2D eigenvalue weighted by molar-refractivity contribution is 0.198. The van der Waals surface area contributed by atoms with Gasteiger partial charge in [0.15, 0.2) is 10.7 Å². The zero-order valence-corrected chi connectivity index (χ0v) is 9.50. The van der Waals surface area contributed by atoms with Gasteiger partial charge in [0, 0.05) is 25.9 Å². The molecule has 1 N–H and O–H groups in total. The second-order valence-corrected chi connectivity index (χ2v) is 4.11. The molecule has 0 aliphatic heterocycles. The quantitative estimate of drug-likeness (QED) is 0.566. The third-order valence-corrected chi connectivity index (χ3v) is 2.65. The van der Waals surface area contributed by atoms with Gasteiger partial charge in [-0.25, -0.2) is 8.42 Å². The molecule has 0 saturated carbocycles. The average Bonchev–Trinajstić information content (AvgIpc) is 2.25. The third-order valence-electron chi connectivity index (χ3n) is 1.93. The predicted octanol–water partition coefficient (Wildman–Crippen LogP) is 1.11. The van der Waals surface area contributed by atoms with E-state index < -0.39 is 10.7 Å². The van der Waals surface area contributed by atoms with E-state index in [4.69, 9.17) is 4.74 Å². The standard InChI is InChI=1S/C10H15NO3S/c1-14-8-2-7-11-9-3-5-10(6-4-9)15(12)13/h3-6,11,15H,2,7-8H2,1H3. The first kappa shape index (κ1) is 12.0. The second kappa shape index (κ2) is 6.42. The molecule has 0 amide bonds. The normalized spacial score (nSPS) is 10.5. The fourth-order valence-corrected chi connectivity index (χ4v) is 1.54. The molecule has 5 heteroatoms. The lowest BCUT2D eigenvalue weighted by atomic mass is 10.3. The number of nitrogens with one attached hydrogen (secondary N) is 1. The van der Waals surface area contributed by atoms with Gasteiger partial charge in [-0.05, 0) is 30.7 Å². The van der Waals surface area contributed by atoms with Crippen LogP contribution in [-0.4, -0.2) is 28.7 Å². The molecule has 15 heavy (non-hydrogen) atoms. The Morgan fingerprint density at radius 1 is 1.27 bits per heavy atom. The molecule has 0 heterocycles. The van der Waals surface area contributed by atoms with Gasteiger partial charge in [0.25, 0.3) is 0 Å². The van der Waals surface area contributed by atoms with Crippen molar-refractivity contribution in [2.75, 3.05) is 25.6 Å². The van der Waals surface area contributed by atoms with Crippen LogP contribution in [0.4, 0.5) is 5.69 Å². The van der Waals surface area contributed by atoms with E-state index in [0.717, 1.165) is 25.3 Å². The Kier molecular flexibility index (Phi) is 5.14. The zero-order chi connectivity index (χ0) is 11.1. The maximum absolute atomic E-state index is 10.6. The summed E-state index contributed by atoms with van der Waals surface area (Å²) in [5.41, 5.74) is 0.923. The molecule has 0 aromatic heterocycles. The molecule has 0 radical (unpaired) electrons. The van der Waals surface area contributed by atoms with Crippen LogP contribution in [0.25, 0.3) is 0 Å². The lowest BCUT2D eigenvalue weighted by Gasteiger charge is -2.05. The average molecular weight is 229 g/mol. The van der Waals surface area contributed by atoms with Gasteiger partial charge in [0.2, 0.25) is 0 Å². The van der Waals surface area contributed by atoms with Crippen molar-refractivity contribution in [1.29, 1.82) is 0 Å². The van der Waals surface area contributed by atoms with Gasteiger partial charge in [-0.3, -0.25) is 0 Å². The van der Waals surface area contributed by atoms with E-state index in [1.807, 2.05) is 0 Å². The van der Waals surface area contributed by atoms with Crippen LogP contribution in [0, 0.1) is 0 Å². The van der Waals surface area contributed by atoms with Gasteiger partial charge in [-0.2, -0.15) is 0 Å². The number of rotatable bonds is 6. The molecule has 0 aliphatic rings. The molecular weight excluding hydrogens is 214 g/mol. The van der Waals surface area contributed by atoms with Crippen molar-refractivity contribution >= 4 is 16.4 Å². The van der Waals surface area contributed by atoms with Crippen molar-refractivity contribution in [2.24, 2.45) is 0 Å². The van der Waals surface area contributed by atoms with Gasteiger partial charge in [-0.1, -0.05) is 0 Å². The first-order chi connectivity index (χ1) is 7.24. The van der Waals surface area contributed by atoms with Crippen LogP contribution < -0.4 is 5.32 Å². The van der Waals surface area contributed by atoms with Crippen LogP contribution in [0.15, 0.2) is 29.2 Å². The van der Waals surface area contributed by atoms with E-state index in [9.17, 15) is 8.42 Å². The molecule has 1 rings (SSSR count). The van der Waals surface area contributed by atoms with Gasteiger partial charge in [0.05, 0.1) is 4.90 Å². The highest BCUT2D eigenvalue weighted by molar-refractivity contribution is 7.72. The van der Waals surface area contributed by atoms with Crippen LogP contribution in [0.3, 0.4) is 0 Å². The minimum absolute atomic E-state index is 0.340. The molecule has 1 aromatic rings. The topological polar surface area (TPSA) is 55.4 Å². The minimum atomic E-state index is -2.47. The Labute approximate surface area is 91.2 Å². The fourth-order valence-electron chi connectivity index (χ4n) is 1.15. The van der Waals surface area contributed by atoms with Crippen molar-refractivity contribution in [3.05, 3.63) is 24.3 Å². The highest BCUT2D eigenvalue weighted by atomic mass is 32.2. The van der Waals surface area contributed by atoms with E-state index in [0.29, 0.717) is 4.90 Å².